The van der Waals surface area contributed by atoms with Gasteiger partial charge in [0, 0.05) is 25.7 Å². The third-order valence-electron chi connectivity index (χ3n) is 14.3. The molecule has 84 heavy (non-hydrogen) atoms. The van der Waals surface area contributed by atoms with Gasteiger partial charge < -0.3 is 33.8 Å². The Hall–Kier alpha value is -2.46. The number of esters is 4. The second-order valence-electron chi connectivity index (χ2n) is 24.2. The molecule has 5 atom stereocenters. The molecule has 0 fully saturated rings. The average Bonchev–Trinajstić information content (AvgIpc) is 3.49. The van der Waals surface area contributed by atoms with Crippen molar-refractivity contribution in [3.63, 3.8) is 0 Å². The monoisotopic (exact) mass is 1240 g/mol. The number of phosphoric ester groups is 2. The molecule has 0 aliphatic carbocycles. The molecule has 0 aliphatic rings. The highest BCUT2D eigenvalue weighted by Crippen LogP contribution is 2.45. The topological polar surface area (TPSA) is 237 Å². The van der Waals surface area contributed by atoms with Crippen molar-refractivity contribution in [2.75, 3.05) is 39.6 Å². The van der Waals surface area contributed by atoms with E-state index < -0.39 is 97.5 Å². The standard InChI is InChI=1S/C65H122O17P2/c1-8-9-10-11-12-13-14-15-16-17-18-19-24-32-39-46-62(67)75-52-60(81-64(69)48-41-34-26-21-23-30-37-44-57(4)5)54-79-83(71,72)77-50-59(66)51-78-84(73,74)80-55-61(82-65(70)49-42-35-28-27-31-38-45-58(6)7)53-76-63(68)47-40-33-25-20-22-29-36-43-56(2)3/h13-16,56-61,66H,8-12,17-55H2,1-7H3,(H,71,72)(H,73,74)/b14-13-,16-15-/t59?,60-,61-/m1/s1. The molecule has 494 valence electrons. The molecule has 0 radical (unpaired) electrons. The van der Waals surface area contributed by atoms with Crippen LogP contribution in [0, 0.1) is 17.8 Å². The number of carbonyl (C=O) groups excluding carboxylic acids is 4. The lowest BCUT2D eigenvalue weighted by Gasteiger charge is -2.21. The molecule has 0 aromatic carbocycles. The van der Waals surface area contributed by atoms with Crippen molar-refractivity contribution in [3.8, 4) is 0 Å². The van der Waals surface area contributed by atoms with E-state index in [4.69, 9.17) is 37.0 Å². The van der Waals surface area contributed by atoms with Gasteiger partial charge >= 0.3 is 39.5 Å². The molecule has 0 spiro atoms. The van der Waals surface area contributed by atoms with Gasteiger partial charge in [-0.2, -0.15) is 0 Å². The smallest absolute Gasteiger partial charge is 0.462 e. The number of unbranched alkanes of at least 4 members (excludes halogenated alkanes) is 26. The van der Waals surface area contributed by atoms with E-state index in [2.05, 4.69) is 72.8 Å². The number of rotatable bonds is 61. The van der Waals surface area contributed by atoms with E-state index in [-0.39, 0.29) is 25.7 Å². The molecule has 0 amide bonds. The van der Waals surface area contributed by atoms with E-state index in [1.54, 1.807) is 0 Å². The van der Waals surface area contributed by atoms with Crippen molar-refractivity contribution < 1.29 is 80.2 Å². The number of ether oxygens (including phenoxy) is 4. The summed E-state index contributed by atoms with van der Waals surface area (Å²) in [6.45, 7) is 11.5. The maximum Gasteiger partial charge on any atom is 0.472 e. The quantitative estimate of drug-likeness (QED) is 0.0169. The Balaban J connectivity index is 5.25. The van der Waals surface area contributed by atoms with E-state index in [1.807, 2.05) is 0 Å². The first-order chi connectivity index (χ1) is 40.2. The maximum atomic E-state index is 13.0. The minimum Gasteiger partial charge on any atom is -0.462 e. The summed E-state index contributed by atoms with van der Waals surface area (Å²) in [5.74, 6) is -0.109. The third kappa shape index (κ3) is 58.6. The van der Waals surface area contributed by atoms with Crippen LogP contribution in [0.1, 0.15) is 292 Å². The fraction of sp³-hybridized carbons (Fsp3) is 0.877. The van der Waals surface area contributed by atoms with Crippen LogP contribution in [0.15, 0.2) is 24.3 Å². The second-order valence-corrected chi connectivity index (χ2v) is 27.2. The van der Waals surface area contributed by atoms with Gasteiger partial charge in [0.15, 0.2) is 12.2 Å². The Morgan fingerprint density at radius 2 is 0.643 bits per heavy atom. The van der Waals surface area contributed by atoms with Gasteiger partial charge in [0.2, 0.25) is 0 Å². The average molecular weight is 1240 g/mol. The van der Waals surface area contributed by atoms with Gasteiger partial charge in [-0.1, -0.05) is 240 Å². The number of hydrogen-bond acceptors (Lipinski definition) is 15. The first-order valence-electron chi connectivity index (χ1n) is 33.2. The summed E-state index contributed by atoms with van der Waals surface area (Å²) in [5.41, 5.74) is 0. The SMILES string of the molecule is CCCCCC/C=C\C=C/CCCCCCCC(=O)OC[C@H](COP(=O)(O)OCC(O)COP(=O)(O)OC[C@@H](COC(=O)CCCCCCCCCC(C)C)OC(=O)CCCCCCCCC(C)C)OC(=O)CCCCCCCCCC(C)C. The van der Waals surface area contributed by atoms with Crippen LogP contribution in [0.2, 0.25) is 0 Å². The zero-order valence-electron chi connectivity index (χ0n) is 53.8. The minimum absolute atomic E-state index is 0.0958. The fourth-order valence-electron chi connectivity index (χ4n) is 9.12. The van der Waals surface area contributed by atoms with Gasteiger partial charge in [-0.05, 0) is 69.1 Å². The van der Waals surface area contributed by atoms with E-state index in [9.17, 15) is 43.2 Å². The molecule has 0 aliphatic heterocycles. The number of allylic oxidation sites excluding steroid dienone is 4. The molecule has 0 aromatic rings. The molecule has 0 saturated heterocycles. The first kappa shape index (κ1) is 81.5. The summed E-state index contributed by atoms with van der Waals surface area (Å²) in [4.78, 5) is 72.2. The van der Waals surface area contributed by atoms with E-state index in [0.717, 1.165) is 116 Å². The number of phosphoric acid groups is 2. The minimum atomic E-state index is -4.95. The second kappa shape index (κ2) is 55.8. The Morgan fingerprint density at radius 3 is 0.964 bits per heavy atom. The van der Waals surface area contributed by atoms with Gasteiger partial charge in [-0.25, -0.2) is 9.13 Å². The Kier molecular flexibility index (Phi) is 54.2. The highest BCUT2D eigenvalue weighted by molar-refractivity contribution is 7.47. The van der Waals surface area contributed by atoms with Gasteiger partial charge in [0.05, 0.1) is 26.4 Å². The molecule has 3 unspecified atom stereocenters. The first-order valence-corrected chi connectivity index (χ1v) is 36.2. The van der Waals surface area contributed by atoms with Crippen molar-refractivity contribution in [1.82, 2.24) is 0 Å². The molecule has 3 N–H and O–H groups in total. The lowest BCUT2D eigenvalue weighted by molar-refractivity contribution is -0.161. The molecular weight excluding hydrogens is 1110 g/mol. The van der Waals surface area contributed by atoms with Gasteiger partial charge in [0.25, 0.3) is 0 Å². The van der Waals surface area contributed by atoms with Crippen molar-refractivity contribution in [2.45, 2.75) is 311 Å². The van der Waals surface area contributed by atoms with E-state index in [0.29, 0.717) is 43.4 Å². The lowest BCUT2D eigenvalue weighted by atomic mass is 10.0. The van der Waals surface area contributed by atoms with E-state index in [1.165, 1.54) is 77.0 Å². The van der Waals surface area contributed by atoms with Crippen molar-refractivity contribution in [2.24, 2.45) is 17.8 Å². The van der Waals surface area contributed by atoms with Crippen LogP contribution in [0.5, 0.6) is 0 Å². The highest BCUT2D eigenvalue weighted by Gasteiger charge is 2.30. The maximum absolute atomic E-state index is 13.0. The van der Waals surface area contributed by atoms with Gasteiger partial charge in [0.1, 0.15) is 19.3 Å². The summed E-state index contributed by atoms with van der Waals surface area (Å²) < 4.78 is 67.9. The van der Waals surface area contributed by atoms with E-state index >= 15 is 0 Å². The van der Waals surface area contributed by atoms with Crippen LogP contribution in [-0.2, 0) is 65.4 Å². The number of aliphatic hydroxyl groups excluding tert-OH is 1. The normalized spacial score (nSPS) is 14.5. The Morgan fingerprint density at radius 1 is 0.369 bits per heavy atom. The molecular formula is C65H122O17P2. The number of hydrogen-bond donors (Lipinski definition) is 3. The molecule has 0 aromatic heterocycles. The van der Waals surface area contributed by atoms with Crippen LogP contribution < -0.4 is 0 Å². The predicted molar refractivity (Wildman–Crippen MR) is 335 cm³/mol. The fourth-order valence-corrected chi connectivity index (χ4v) is 10.7. The van der Waals surface area contributed by atoms with Crippen LogP contribution >= 0.6 is 15.6 Å². The largest absolute Gasteiger partial charge is 0.472 e. The van der Waals surface area contributed by atoms with Crippen LogP contribution in [-0.4, -0.2) is 96.7 Å². The molecule has 19 heteroatoms. The Bertz CT molecular complexity index is 1760. The van der Waals surface area contributed by atoms with Gasteiger partial charge in [-0.15, -0.1) is 0 Å². The summed E-state index contributed by atoms with van der Waals surface area (Å²) in [7, 11) is -9.90. The van der Waals surface area contributed by atoms with Gasteiger partial charge in [-0.3, -0.25) is 37.3 Å². The zero-order chi connectivity index (χ0) is 62.4. The number of carbonyl (C=O) groups is 4. The molecule has 0 saturated carbocycles. The third-order valence-corrected chi connectivity index (χ3v) is 16.2. The molecule has 0 bridgehead atoms. The summed E-state index contributed by atoms with van der Waals surface area (Å²) in [6, 6.07) is 0. The summed E-state index contributed by atoms with van der Waals surface area (Å²) in [5, 5.41) is 10.5. The summed E-state index contributed by atoms with van der Waals surface area (Å²) in [6.07, 6.45) is 40.2. The molecule has 0 heterocycles. The lowest BCUT2D eigenvalue weighted by Crippen LogP contribution is -2.30. The van der Waals surface area contributed by atoms with Crippen molar-refractivity contribution in [3.05, 3.63) is 24.3 Å². The van der Waals surface area contributed by atoms with Crippen LogP contribution in [0.25, 0.3) is 0 Å². The molecule has 17 nitrogen and oxygen atoms in total. The van der Waals surface area contributed by atoms with Crippen molar-refractivity contribution >= 4 is 39.5 Å². The Labute approximate surface area is 510 Å². The van der Waals surface area contributed by atoms with Crippen molar-refractivity contribution in [1.29, 1.82) is 0 Å². The highest BCUT2D eigenvalue weighted by atomic mass is 31.2. The summed E-state index contributed by atoms with van der Waals surface area (Å²) >= 11 is 0. The molecule has 0 rings (SSSR count). The predicted octanol–water partition coefficient (Wildman–Crippen LogP) is 17.4. The zero-order valence-corrected chi connectivity index (χ0v) is 55.6. The van der Waals surface area contributed by atoms with Crippen LogP contribution in [0.3, 0.4) is 0 Å². The van der Waals surface area contributed by atoms with Crippen LogP contribution in [0.4, 0.5) is 0 Å². The number of aliphatic hydroxyl groups is 1.